The molecule has 2 unspecified atom stereocenters. The second-order valence-corrected chi connectivity index (χ2v) is 7.90. The van der Waals surface area contributed by atoms with Crippen molar-refractivity contribution in [2.45, 2.75) is 51.5 Å². The molecule has 1 N–H and O–H groups in total. The Hall–Kier alpha value is -3.01. The van der Waals surface area contributed by atoms with Crippen molar-refractivity contribution >= 4 is 12.1 Å². The molecule has 0 radical (unpaired) electrons. The summed E-state index contributed by atoms with van der Waals surface area (Å²) >= 11 is 0. The van der Waals surface area contributed by atoms with E-state index in [0.29, 0.717) is 25.9 Å². The van der Waals surface area contributed by atoms with Crippen LogP contribution in [0.4, 0.5) is 4.79 Å². The molecule has 1 aliphatic rings. The van der Waals surface area contributed by atoms with Gasteiger partial charge < -0.3 is 19.5 Å². The summed E-state index contributed by atoms with van der Waals surface area (Å²) in [5, 5.41) is 10.5. The van der Waals surface area contributed by atoms with E-state index in [9.17, 15) is 14.7 Å². The number of benzene rings is 1. The summed E-state index contributed by atoms with van der Waals surface area (Å²) in [7, 11) is 1.62. The number of carbonyl (C=O) groups is 2. The van der Waals surface area contributed by atoms with Gasteiger partial charge in [-0.25, -0.2) is 9.69 Å². The highest BCUT2D eigenvalue weighted by molar-refractivity contribution is 5.76. The van der Waals surface area contributed by atoms with E-state index >= 15 is 0 Å². The van der Waals surface area contributed by atoms with Gasteiger partial charge in [0.15, 0.2) is 0 Å². The van der Waals surface area contributed by atoms with Gasteiger partial charge in [0.2, 0.25) is 12.7 Å². The number of rotatable bonds is 10. The molecule has 2 aromatic rings. The molecule has 0 bridgehead atoms. The molecule has 1 saturated heterocycles. The molecule has 33 heavy (non-hydrogen) atoms. The minimum Gasteiger partial charge on any atom is -0.460 e. The lowest BCUT2D eigenvalue weighted by Crippen LogP contribution is -2.47. The zero-order valence-electron chi connectivity index (χ0n) is 19.0. The number of aliphatic hydroxyl groups excluding tert-OH is 1. The summed E-state index contributed by atoms with van der Waals surface area (Å²) in [6, 6.07) is 14.4. The molecule has 2 heterocycles. The van der Waals surface area contributed by atoms with Gasteiger partial charge in [-0.2, -0.15) is 0 Å². The second kappa shape index (κ2) is 12.3. The summed E-state index contributed by atoms with van der Waals surface area (Å²) in [6.45, 7) is 2.58. The van der Waals surface area contributed by atoms with Crippen LogP contribution in [0.1, 0.15) is 31.0 Å². The van der Waals surface area contributed by atoms with Crippen LogP contribution in [0.2, 0.25) is 0 Å². The molecule has 1 aromatic heterocycles. The van der Waals surface area contributed by atoms with E-state index in [2.05, 4.69) is 4.98 Å². The fourth-order valence-electron chi connectivity index (χ4n) is 3.56. The maximum Gasteiger partial charge on any atom is 0.411 e. The molecule has 0 saturated carbocycles. The average molecular weight is 458 g/mol. The molecule has 9 heteroatoms. The normalized spacial score (nSPS) is 17.8. The van der Waals surface area contributed by atoms with E-state index in [0.717, 1.165) is 17.7 Å². The Balaban J connectivity index is 1.43. The van der Waals surface area contributed by atoms with Crippen LogP contribution in [0, 0.1) is 0 Å². The Bertz CT molecular complexity index is 882. The largest absolute Gasteiger partial charge is 0.460 e. The number of likely N-dealkylation sites (tertiary alicyclic amines) is 1. The van der Waals surface area contributed by atoms with Crippen molar-refractivity contribution in [3.63, 3.8) is 0 Å². The highest BCUT2D eigenvalue weighted by atomic mass is 16.8. The lowest BCUT2D eigenvalue weighted by Gasteiger charge is -2.30. The fraction of sp³-hybridized carbons (Fsp3) is 0.458. The van der Waals surface area contributed by atoms with E-state index in [1.807, 2.05) is 48.5 Å². The Morgan fingerprint density at radius 1 is 1.21 bits per heavy atom. The maximum absolute atomic E-state index is 12.5. The van der Waals surface area contributed by atoms with Crippen LogP contribution in [-0.2, 0) is 32.0 Å². The topological polar surface area (TPSA) is 101 Å². The maximum atomic E-state index is 12.5. The summed E-state index contributed by atoms with van der Waals surface area (Å²) in [4.78, 5) is 32.0. The third-order valence-corrected chi connectivity index (χ3v) is 5.40. The number of hydrogen-bond donors (Lipinski definition) is 1. The standard InChI is InChI=1S/C24H31N3O6/c1-18(32-23(29)26(2)16-13-20-11-6-7-14-25-20)33-24(30)27-15-8-12-21(27)22(28)31-17-19-9-4-3-5-10-19/h3-7,9-11,14,18,21,24,30H,8,12-13,15-17H2,1-2H3/t18?,21-,24?/m0/s1. The van der Waals surface area contributed by atoms with Crippen molar-refractivity contribution < 1.29 is 28.9 Å². The van der Waals surface area contributed by atoms with E-state index in [-0.39, 0.29) is 6.61 Å². The zero-order valence-corrected chi connectivity index (χ0v) is 19.0. The van der Waals surface area contributed by atoms with Gasteiger partial charge in [-0.3, -0.25) is 14.5 Å². The molecule has 0 spiro atoms. The Kier molecular flexibility index (Phi) is 9.17. The molecule has 0 aliphatic carbocycles. The van der Waals surface area contributed by atoms with Crippen LogP contribution in [0.5, 0.6) is 0 Å². The van der Waals surface area contributed by atoms with Crippen LogP contribution in [-0.4, -0.2) is 70.8 Å². The molecule has 3 atom stereocenters. The number of aliphatic hydroxyl groups is 1. The van der Waals surface area contributed by atoms with E-state index in [1.165, 1.54) is 16.7 Å². The molecule has 9 nitrogen and oxygen atoms in total. The molecule has 178 valence electrons. The number of pyridine rings is 1. The van der Waals surface area contributed by atoms with E-state index in [1.54, 1.807) is 13.2 Å². The van der Waals surface area contributed by atoms with Crippen LogP contribution in [0.15, 0.2) is 54.7 Å². The molecule has 1 aliphatic heterocycles. The van der Waals surface area contributed by atoms with E-state index < -0.39 is 30.8 Å². The van der Waals surface area contributed by atoms with Crippen molar-refractivity contribution in [2.24, 2.45) is 0 Å². The van der Waals surface area contributed by atoms with Crippen molar-refractivity contribution in [3.8, 4) is 0 Å². The summed E-state index contributed by atoms with van der Waals surface area (Å²) in [6.07, 6.45) is 0.577. The number of ether oxygens (including phenoxy) is 3. The first-order valence-electron chi connectivity index (χ1n) is 11.1. The van der Waals surface area contributed by atoms with Crippen molar-refractivity contribution in [1.29, 1.82) is 0 Å². The quantitative estimate of drug-likeness (QED) is 0.429. The third kappa shape index (κ3) is 7.52. The molecular formula is C24H31N3O6. The molecular weight excluding hydrogens is 426 g/mol. The van der Waals surface area contributed by atoms with Gasteiger partial charge in [0.05, 0.1) is 0 Å². The lowest BCUT2D eigenvalue weighted by atomic mass is 10.2. The number of aromatic nitrogens is 1. The van der Waals surface area contributed by atoms with Gasteiger partial charge in [0.25, 0.3) is 0 Å². The first-order chi connectivity index (χ1) is 15.9. The number of nitrogens with zero attached hydrogens (tertiary/aromatic N) is 3. The van der Waals surface area contributed by atoms with Crippen LogP contribution in [0.3, 0.4) is 0 Å². The van der Waals surface area contributed by atoms with Crippen molar-refractivity contribution in [3.05, 3.63) is 66.0 Å². The molecule has 1 fully saturated rings. The fourth-order valence-corrected chi connectivity index (χ4v) is 3.56. The van der Waals surface area contributed by atoms with Gasteiger partial charge in [-0.1, -0.05) is 36.4 Å². The van der Waals surface area contributed by atoms with Crippen molar-refractivity contribution in [2.75, 3.05) is 20.1 Å². The molecule has 1 amide bonds. The summed E-state index contributed by atoms with van der Waals surface area (Å²) in [5.74, 6) is -0.419. The van der Waals surface area contributed by atoms with Gasteiger partial charge in [-0.15, -0.1) is 0 Å². The first-order valence-corrected chi connectivity index (χ1v) is 11.1. The highest BCUT2D eigenvalue weighted by Gasteiger charge is 2.37. The van der Waals surface area contributed by atoms with Crippen molar-refractivity contribution in [1.82, 2.24) is 14.8 Å². The van der Waals surface area contributed by atoms with Gasteiger partial charge in [0, 0.05) is 38.4 Å². The van der Waals surface area contributed by atoms with Crippen LogP contribution >= 0.6 is 0 Å². The number of amides is 1. The summed E-state index contributed by atoms with van der Waals surface area (Å²) < 4.78 is 16.1. The van der Waals surface area contributed by atoms with Crippen LogP contribution in [0.25, 0.3) is 0 Å². The second-order valence-electron chi connectivity index (χ2n) is 7.90. The minimum atomic E-state index is -1.40. The van der Waals surface area contributed by atoms with Gasteiger partial charge in [0.1, 0.15) is 12.6 Å². The number of hydrogen-bond acceptors (Lipinski definition) is 8. The predicted molar refractivity (Wildman–Crippen MR) is 120 cm³/mol. The minimum absolute atomic E-state index is 0.166. The number of carbonyl (C=O) groups excluding carboxylic acids is 2. The zero-order chi connectivity index (χ0) is 23.6. The number of likely N-dealkylation sites (N-methyl/N-ethyl adjacent to an activating group) is 1. The van der Waals surface area contributed by atoms with Crippen LogP contribution < -0.4 is 0 Å². The lowest BCUT2D eigenvalue weighted by molar-refractivity contribution is -0.263. The molecule has 1 aromatic carbocycles. The molecule has 3 rings (SSSR count). The Labute approximate surface area is 193 Å². The smallest absolute Gasteiger partial charge is 0.411 e. The monoisotopic (exact) mass is 457 g/mol. The Morgan fingerprint density at radius 2 is 1.97 bits per heavy atom. The third-order valence-electron chi connectivity index (χ3n) is 5.40. The highest BCUT2D eigenvalue weighted by Crippen LogP contribution is 2.22. The number of esters is 1. The first kappa shape index (κ1) is 24.6. The summed E-state index contributed by atoms with van der Waals surface area (Å²) in [5.41, 5.74) is 1.76. The SMILES string of the molecule is CC(OC(=O)N(C)CCc1ccccn1)OC(O)N1CCC[C@H]1C(=O)OCc1ccccc1. The average Bonchev–Trinajstić information content (AvgIpc) is 3.32. The van der Waals surface area contributed by atoms with E-state index in [4.69, 9.17) is 14.2 Å². The van der Waals surface area contributed by atoms with Gasteiger partial charge >= 0.3 is 12.1 Å². The predicted octanol–water partition coefficient (Wildman–Crippen LogP) is 2.54. The van der Waals surface area contributed by atoms with Gasteiger partial charge in [-0.05, 0) is 37.5 Å². The Morgan fingerprint density at radius 3 is 2.70 bits per heavy atom.